The third-order valence-corrected chi connectivity index (χ3v) is 4.86. The van der Waals surface area contributed by atoms with E-state index in [-0.39, 0.29) is 10.6 Å². The number of nitro groups is 1. The van der Waals surface area contributed by atoms with E-state index in [2.05, 4.69) is 6.92 Å². The lowest BCUT2D eigenvalue weighted by molar-refractivity contribution is -0.383. The Morgan fingerprint density at radius 2 is 2.33 bits per heavy atom. The molecule has 1 saturated carbocycles. The van der Waals surface area contributed by atoms with Gasteiger partial charge in [0.15, 0.2) is 5.00 Å². The first kappa shape index (κ1) is 13.3. The van der Waals surface area contributed by atoms with Gasteiger partial charge in [-0.05, 0) is 25.2 Å². The molecule has 2 rings (SSSR count). The number of aliphatic hydroxyl groups is 1. The van der Waals surface area contributed by atoms with Crippen molar-refractivity contribution in [2.75, 3.05) is 18.5 Å². The molecule has 1 heterocycles. The monoisotopic (exact) mass is 270 g/mol. The quantitative estimate of drug-likeness (QED) is 0.660. The van der Waals surface area contributed by atoms with Crippen LogP contribution in [0.15, 0.2) is 6.07 Å². The van der Waals surface area contributed by atoms with Gasteiger partial charge in [0.2, 0.25) is 0 Å². The normalized spacial score (nSPS) is 23.8. The van der Waals surface area contributed by atoms with Crippen LogP contribution >= 0.6 is 11.3 Å². The zero-order chi connectivity index (χ0) is 13.4. The van der Waals surface area contributed by atoms with Gasteiger partial charge < -0.3 is 10.0 Å². The van der Waals surface area contributed by atoms with Crippen LogP contribution in [0.2, 0.25) is 0 Å². The van der Waals surface area contributed by atoms with Gasteiger partial charge in [-0.25, -0.2) is 0 Å². The minimum absolute atomic E-state index is 0.103. The Kier molecular flexibility index (Phi) is 3.59. The lowest BCUT2D eigenvalue weighted by Crippen LogP contribution is -2.20. The van der Waals surface area contributed by atoms with Gasteiger partial charge in [-0.1, -0.05) is 6.92 Å². The summed E-state index contributed by atoms with van der Waals surface area (Å²) in [4.78, 5) is 13.3. The lowest BCUT2D eigenvalue weighted by atomic mass is 10.3. The second-order valence-electron chi connectivity index (χ2n) is 5.13. The van der Waals surface area contributed by atoms with Crippen molar-refractivity contribution in [3.63, 3.8) is 0 Å². The molecule has 1 N–H and O–H groups in total. The molecule has 0 bridgehead atoms. The highest BCUT2D eigenvalue weighted by atomic mass is 32.1. The maximum absolute atomic E-state index is 11.0. The van der Waals surface area contributed by atoms with E-state index in [9.17, 15) is 15.2 Å². The first-order valence-electron chi connectivity index (χ1n) is 6.07. The molecule has 0 radical (unpaired) electrons. The second-order valence-corrected chi connectivity index (χ2v) is 6.19. The third-order valence-electron chi connectivity index (χ3n) is 3.45. The predicted molar refractivity (Wildman–Crippen MR) is 72.1 cm³/mol. The molecule has 18 heavy (non-hydrogen) atoms. The number of rotatable bonds is 5. The molecular weight excluding hydrogens is 252 g/mol. The van der Waals surface area contributed by atoms with Gasteiger partial charge in [0, 0.05) is 24.5 Å². The van der Waals surface area contributed by atoms with Crippen molar-refractivity contribution < 1.29 is 10.0 Å². The number of hydrogen-bond donors (Lipinski definition) is 1. The second kappa shape index (κ2) is 4.85. The Balaban J connectivity index is 2.21. The molecular formula is C12H18N2O3S. The van der Waals surface area contributed by atoms with Crippen LogP contribution in [-0.2, 0) is 0 Å². The summed E-state index contributed by atoms with van der Waals surface area (Å²) in [6.45, 7) is 4.67. The van der Waals surface area contributed by atoms with Crippen LogP contribution in [0.25, 0.3) is 0 Å². The average Bonchev–Trinajstić information content (AvgIpc) is 2.82. The Morgan fingerprint density at radius 1 is 1.72 bits per heavy atom. The van der Waals surface area contributed by atoms with Crippen LogP contribution in [-0.4, -0.2) is 23.6 Å². The highest BCUT2D eigenvalue weighted by molar-refractivity contribution is 7.16. The molecule has 0 amide bonds. The Labute approximate surface area is 110 Å². The van der Waals surface area contributed by atoms with Crippen molar-refractivity contribution in [3.05, 3.63) is 21.1 Å². The minimum atomic E-state index is -0.657. The minimum Gasteiger partial charge on any atom is -0.388 e. The summed E-state index contributed by atoms with van der Waals surface area (Å²) in [5.74, 6) is 1.37. The number of nitrogens with zero attached hydrogens (tertiary/aromatic N) is 2. The predicted octanol–water partition coefficient (Wildman–Crippen LogP) is 2.80. The van der Waals surface area contributed by atoms with E-state index in [1.807, 2.05) is 11.9 Å². The fraction of sp³-hybridized carbons (Fsp3) is 0.667. The van der Waals surface area contributed by atoms with Gasteiger partial charge in [0.25, 0.3) is 0 Å². The smallest absolute Gasteiger partial charge is 0.304 e. The highest BCUT2D eigenvalue weighted by Crippen LogP contribution is 2.43. The molecule has 100 valence electrons. The van der Waals surface area contributed by atoms with Crippen LogP contribution in [0.4, 0.5) is 10.7 Å². The van der Waals surface area contributed by atoms with Crippen LogP contribution in [0, 0.1) is 22.0 Å². The SMILES string of the molecule is CC(O)c1cc([N+](=O)[O-])c(N(C)CC2CC2C)s1. The lowest BCUT2D eigenvalue weighted by Gasteiger charge is -2.16. The molecule has 0 aromatic carbocycles. The number of aliphatic hydroxyl groups excluding tert-OH is 1. The van der Waals surface area contributed by atoms with E-state index in [0.717, 1.165) is 12.5 Å². The molecule has 1 aliphatic rings. The maximum Gasteiger partial charge on any atom is 0.304 e. The standard InChI is InChI=1S/C12H18N2O3S/c1-7-4-9(7)6-13(3)12-10(14(16)17)5-11(18-12)8(2)15/h5,7-9,15H,4,6H2,1-3H3. The van der Waals surface area contributed by atoms with E-state index in [1.54, 1.807) is 6.92 Å². The van der Waals surface area contributed by atoms with Gasteiger partial charge in [-0.2, -0.15) is 0 Å². The van der Waals surface area contributed by atoms with Crippen molar-refractivity contribution >= 4 is 22.0 Å². The summed E-state index contributed by atoms with van der Waals surface area (Å²) >= 11 is 1.31. The molecule has 1 aromatic heterocycles. The molecule has 0 spiro atoms. The Morgan fingerprint density at radius 3 is 2.78 bits per heavy atom. The molecule has 0 saturated heterocycles. The van der Waals surface area contributed by atoms with Gasteiger partial charge >= 0.3 is 5.69 Å². The molecule has 3 atom stereocenters. The summed E-state index contributed by atoms with van der Waals surface area (Å²) < 4.78 is 0. The molecule has 3 unspecified atom stereocenters. The first-order chi connectivity index (χ1) is 8.40. The largest absolute Gasteiger partial charge is 0.388 e. The van der Waals surface area contributed by atoms with Gasteiger partial charge in [0.05, 0.1) is 11.0 Å². The Hall–Kier alpha value is -1.14. The molecule has 1 aliphatic carbocycles. The zero-order valence-corrected chi connectivity index (χ0v) is 11.6. The topological polar surface area (TPSA) is 66.6 Å². The van der Waals surface area contributed by atoms with Crippen LogP contribution in [0.1, 0.15) is 31.2 Å². The van der Waals surface area contributed by atoms with Crippen LogP contribution in [0.3, 0.4) is 0 Å². The van der Waals surface area contributed by atoms with E-state index in [1.165, 1.54) is 23.8 Å². The van der Waals surface area contributed by atoms with Crippen LogP contribution in [0.5, 0.6) is 0 Å². The van der Waals surface area contributed by atoms with Gasteiger partial charge in [-0.15, -0.1) is 11.3 Å². The van der Waals surface area contributed by atoms with E-state index >= 15 is 0 Å². The van der Waals surface area contributed by atoms with Crippen molar-refractivity contribution in [1.29, 1.82) is 0 Å². The van der Waals surface area contributed by atoms with Gasteiger partial charge in [0.1, 0.15) is 0 Å². The summed E-state index contributed by atoms with van der Waals surface area (Å²) in [6, 6.07) is 1.48. The molecule has 1 aromatic rings. The molecule has 5 nitrogen and oxygen atoms in total. The van der Waals surface area contributed by atoms with Crippen molar-refractivity contribution in [2.24, 2.45) is 11.8 Å². The summed E-state index contributed by atoms with van der Waals surface area (Å²) in [5.41, 5.74) is 0.103. The van der Waals surface area contributed by atoms with E-state index in [4.69, 9.17) is 0 Å². The maximum atomic E-state index is 11.0. The third kappa shape index (κ3) is 2.64. The fourth-order valence-electron chi connectivity index (χ4n) is 2.09. The van der Waals surface area contributed by atoms with E-state index in [0.29, 0.717) is 15.8 Å². The number of thiophene rings is 1. The average molecular weight is 270 g/mol. The highest BCUT2D eigenvalue weighted by Gasteiger charge is 2.35. The summed E-state index contributed by atoms with van der Waals surface area (Å²) in [6.07, 6.45) is 0.544. The molecule has 6 heteroatoms. The number of hydrogen-bond acceptors (Lipinski definition) is 5. The van der Waals surface area contributed by atoms with Crippen molar-refractivity contribution in [2.45, 2.75) is 26.4 Å². The first-order valence-corrected chi connectivity index (χ1v) is 6.89. The molecule has 0 aliphatic heterocycles. The fourth-order valence-corrected chi connectivity index (χ4v) is 3.12. The number of anilines is 1. The Bertz CT molecular complexity index is 458. The summed E-state index contributed by atoms with van der Waals surface area (Å²) in [5, 5.41) is 21.2. The zero-order valence-electron chi connectivity index (χ0n) is 10.8. The van der Waals surface area contributed by atoms with Crippen molar-refractivity contribution in [3.8, 4) is 0 Å². The summed E-state index contributed by atoms with van der Waals surface area (Å²) in [7, 11) is 1.88. The van der Waals surface area contributed by atoms with Crippen molar-refractivity contribution in [1.82, 2.24) is 0 Å². The van der Waals surface area contributed by atoms with Crippen LogP contribution < -0.4 is 4.90 Å². The molecule has 1 fully saturated rings. The van der Waals surface area contributed by atoms with Gasteiger partial charge in [-0.3, -0.25) is 10.1 Å². The van der Waals surface area contributed by atoms with E-state index < -0.39 is 6.10 Å².